The van der Waals surface area contributed by atoms with Gasteiger partial charge in [-0.05, 0) is 62.1 Å². The molecule has 1 aliphatic carbocycles. The number of carbonyl (C=O) groups is 1. The van der Waals surface area contributed by atoms with Crippen LogP contribution < -0.4 is 5.32 Å². The molecule has 1 aliphatic rings. The van der Waals surface area contributed by atoms with Crippen LogP contribution >= 0.6 is 11.8 Å². The summed E-state index contributed by atoms with van der Waals surface area (Å²) in [4.78, 5) is 16.2. The molecular formula is C20H21N5OS. The Morgan fingerprint density at radius 1 is 1.15 bits per heavy atom. The van der Waals surface area contributed by atoms with Gasteiger partial charge in [-0.15, -0.1) is 10.2 Å². The van der Waals surface area contributed by atoms with E-state index >= 15 is 0 Å². The van der Waals surface area contributed by atoms with E-state index in [1.807, 2.05) is 16.7 Å². The third kappa shape index (κ3) is 4.03. The van der Waals surface area contributed by atoms with E-state index in [4.69, 9.17) is 0 Å². The Morgan fingerprint density at radius 3 is 2.63 bits per heavy atom. The van der Waals surface area contributed by atoms with Crippen LogP contribution in [0.25, 0.3) is 17.1 Å². The monoisotopic (exact) mass is 379 g/mol. The molecule has 0 atom stereocenters. The van der Waals surface area contributed by atoms with Gasteiger partial charge in [0.15, 0.2) is 11.0 Å². The van der Waals surface area contributed by atoms with E-state index in [0.717, 1.165) is 29.9 Å². The summed E-state index contributed by atoms with van der Waals surface area (Å²) in [5.41, 5.74) is 4.35. The van der Waals surface area contributed by atoms with Crippen LogP contribution in [-0.4, -0.2) is 37.5 Å². The lowest BCUT2D eigenvalue weighted by Gasteiger charge is -2.12. The summed E-state index contributed by atoms with van der Waals surface area (Å²) in [7, 11) is 0. The van der Waals surface area contributed by atoms with Gasteiger partial charge in [0, 0.05) is 24.0 Å². The number of hydrogen-bond acceptors (Lipinski definition) is 5. The molecule has 1 fully saturated rings. The van der Waals surface area contributed by atoms with Crippen molar-refractivity contribution in [1.82, 2.24) is 25.1 Å². The third-order valence-electron chi connectivity index (χ3n) is 4.60. The summed E-state index contributed by atoms with van der Waals surface area (Å²) in [5.74, 6) is 1.11. The lowest BCUT2D eigenvalue weighted by Crippen LogP contribution is -2.27. The number of nitrogens with one attached hydrogen (secondary N) is 1. The van der Waals surface area contributed by atoms with Crippen molar-refractivity contribution in [1.29, 1.82) is 0 Å². The fourth-order valence-electron chi connectivity index (χ4n) is 2.78. The Kier molecular flexibility index (Phi) is 4.94. The molecule has 27 heavy (non-hydrogen) atoms. The minimum absolute atomic E-state index is 0.0441. The van der Waals surface area contributed by atoms with Crippen molar-refractivity contribution in [2.45, 2.75) is 37.9 Å². The Morgan fingerprint density at radius 2 is 1.93 bits per heavy atom. The topological polar surface area (TPSA) is 72.7 Å². The normalized spacial score (nSPS) is 13.6. The van der Waals surface area contributed by atoms with Crippen LogP contribution in [0.1, 0.15) is 24.0 Å². The van der Waals surface area contributed by atoms with Gasteiger partial charge >= 0.3 is 0 Å². The fourth-order valence-corrected chi connectivity index (χ4v) is 3.54. The Balaban J connectivity index is 1.68. The van der Waals surface area contributed by atoms with Crippen molar-refractivity contribution in [3.8, 4) is 17.1 Å². The maximum atomic E-state index is 12.1. The first-order valence-corrected chi connectivity index (χ1v) is 9.96. The molecule has 0 aliphatic heterocycles. The highest BCUT2D eigenvalue weighted by Gasteiger charge is 2.24. The second-order valence-corrected chi connectivity index (χ2v) is 7.72. The first-order chi connectivity index (χ1) is 13.1. The van der Waals surface area contributed by atoms with Crippen molar-refractivity contribution in [2.24, 2.45) is 0 Å². The number of benzene rings is 1. The molecule has 0 saturated heterocycles. The molecule has 1 amide bonds. The first kappa shape index (κ1) is 17.7. The van der Waals surface area contributed by atoms with Crippen LogP contribution in [0.5, 0.6) is 0 Å². The second kappa shape index (κ2) is 7.52. The molecular weight excluding hydrogens is 358 g/mol. The van der Waals surface area contributed by atoms with E-state index in [9.17, 15) is 4.79 Å². The Bertz CT molecular complexity index is 966. The zero-order valence-corrected chi connectivity index (χ0v) is 16.2. The molecule has 4 rings (SSSR count). The zero-order chi connectivity index (χ0) is 18.8. The maximum Gasteiger partial charge on any atom is 0.230 e. The smallest absolute Gasteiger partial charge is 0.230 e. The number of nitrogens with zero attached hydrogens (tertiary/aromatic N) is 4. The van der Waals surface area contributed by atoms with Gasteiger partial charge in [0.25, 0.3) is 0 Å². The van der Waals surface area contributed by atoms with Gasteiger partial charge in [0.2, 0.25) is 5.91 Å². The van der Waals surface area contributed by atoms with Crippen LogP contribution in [0.2, 0.25) is 0 Å². The predicted molar refractivity (Wildman–Crippen MR) is 106 cm³/mol. The standard InChI is InChI=1S/C20H21N5OS/c1-13-3-6-17(11-14(13)2)25-19(15-7-9-21-10-8-15)23-24-20(25)27-12-18(26)22-16-4-5-16/h3,6-11,16H,4-5,12H2,1-2H3,(H,22,26). The van der Waals surface area contributed by atoms with Gasteiger partial charge in [-0.2, -0.15) is 0 Å². The summed E-state index contributed by atoms with van der Waals surface area (Å²) >= 11 is 1.41. The summed E-state index contributed by atoms with van der Waals surface area (Å²) in [6, 6.07) is 10.5. The Hall–Kier alpha value is -2.67. The molecule has 2 aromatic heterocycles. The van der Waals surface area contributed by atoms with Gasteiger partial charge in [-0.1, -0.05) is 17.8 Å². The predicted octanol–water partition coefficient (Wildman–Crippen LogP) is 3.32. The van der Waals surface area contributed by atoms with E-state index in [1.54, 1.807) is 12.4 Å². The molecule has 0 spiro atoms. The maximum absolute atomic E-state index is 12.1. The zero-order valence-electron chi connectivity index (χ0n) is 15.3. The molecule has 6 nitrogen and oxygen atoms in total. The van der Waals surface area contributed by atoms with Crippen molar-refractivity contribution in [3.05, 3.63) is 53.9 Å². The molecule has 1 N–H and O–H groups in total. The van der Waals surface area contributed by atoms with E-state index in [-0.39, 0.29) is 5.91 Å². The molecule has 3 aromatic rings. The summed E-state index contributed by atoms with van der Waals surface area (Å²) in [5, 5.41) is 12.5. The van der Waals surface area contributed by atoms with Crippen molar-refractivity contribution in [3.63, 3.8) is 0 Å². The summed E-state index contributed by atoms with van der Waals surface area (Å²) < 4.78 is 2.01. The summed E-state index contributed by atoms with van der Waals surface area (Å²) in [6.07, 6.45) is 5.65. The van der Waals surface area contributed by atoms with Gasteiger partial charge in [-0.3, -0.25) is 14.3 Å². The number of carbonyl (C=O) groups excluding carboxylic acids is 1. The third-order valence-corrected chi connectivity index (χ3v) is 5.52. The average Bonchev–Trinajstić information content (AvgIpc) is 3.38. The molecule has 0 radical (unpaired) electrons. The largest absolute Gasteiger partial charge is 0.353 e. The first-order valence-electron chi connectivity index (χ1n) is 8.97. The van der Waals surface area contributed by atoms with Crippen molar-refractivity contribution < 1.29 is 4.79 Å². The highest BCUT2D eigenvalue weighted by atomic mass is 32.2. The number of thioether (sulfide) groups is 1. The molecule has 1 aromatic carbocycles. The second-order valence-electron chi connectivity index (χ2n) is 6.78. The number of aromatic nitrogens is 4. The number of hydrogen-bond donors (Lipinski definition) is 1. The minimum Gasteiger partial charge on any atom is -0.353 e. The molecule has 1 saturated carbocycles. The number of amides is 1. The molecule has 2 heterocycles. The van der Waals surface area contributed by atoms with Gasteiger partial charge in [-0.25, -0.2) is 0 Å². The number of rotatable bonds is 6. The van der Waals surface area contributed by atoms with E-state index in [1.165, 1.54) is 22.9 Å². The van der Waals surface area contributed by atoms with Crippen LogP contribution in [-0.2, 0) is 4.79 Å². The average molecular weight is 379 g/mol. The van der Waals surface area contributed by atoms with Crippen LogP contribution in [0.4, 0.5) is 0 Å². The van der Waals surface area contributed by atoms with E-state index in [0.29, 0.717) is 17.0 Å². The molecule has 0 unspecified atom stereocenters. The number of pyridine rings is 1. The molecule has 138 valence electrons. The van der Waals surface area contributed by atoms with Crippen molar-refractivity contribution >= 4 is 17.7 Å². The van der Waals surface area contributed by atoms with Crippen LogP contribution in [0.15, 0.2) is 47.9 Å². The fraction of sp³-hybridized carbons (Fsp3) is 0.300. The Labute approximate surface area is 162 Å². The van der Waals surface area contributed by atoms with Crippen molar-refractivity contribution in [2.75, 3.05) is 5.75 Å². The lowest BCUT2D eigenvalue weighted by atomic mass is 10.1. The number of aryl methyl sites for hydroxylation is 2. The SMILES string of the molecule is Cc1ccc(-n2c(SCC(=O)NC3CC3)nnc2-c2ccncc2)cc1C. The molecule has 0 bridgehead atoms. The van der Waals surface area contributed by atoms with Gasteiger partial charge in [0.1, 0.15) is 0 Å². The summed E-state index contributed by atoms with van der Waals surface area (Å²) in [6.45, 7) is 4.18. The lowest BCUT2D eigenvalue weighted by molar-refractivity contribution is -0.118. The molecule has 7 heteroatoms. The van der Waals surface area contributed by atoms with E-state index < -0.39 is 0 Å². The quantitative estimate of drug-likeness (QED) is 0.665. The van der Waals surface area contributed by atoms with Crippen LogP contribution in [0.3, 0.4) is 0 Å². The minimum atomic E-state index is 0.0441. The van der Waals surface area contributed by atoms with E-state index in [2.05, 4.69) is 52.5 Å². The van der Waals surface area contributed by atoms with Crippen LogP contribution in [0, 0.1) is 13.8 Å². The van der Waals surface area contributed by atoms with Gasteiger partial charge < -0.3 is 5.32 Å². The highest BCUT2D eigenvalue weighted by Crippen LogP contribution is 2.29. The van der Waals surface area contributed by atoms with Gasteiger partial charge in [0.05, 0.1) is 11.4 Å². The highest BCUT2D eigenvalue weighted by molar-refractivity contribution is 7.99.